The molecule has 0 aliphatic carbocycles. The van der Waals surface area contributed by atoms with Gasteiger partial charge in [0, 0.05) is 30.2 Å². The first-order chi connectivity index (χ1) is 18.1. The van der Waals surface area contributed by atoms with E-state index in [1.807, 2.05) is 11.9 Å². The monoisotopic (exact) mass is 529 g/mol. The highest BCUT2D eigenvalue weighted by molar-refractivity contribution is 5.90. The zero-order valence-corrected chi connectivity index (χ0v) is 21.0. The lowest BCUT2D eigenvalue weighted by atomic mass is 9.85. The standard InChI is InChI=1S/C27H26F3N3O5/c1-32-10-9-16(19(35)14-32)23-21(36-2)12-22(37-3)24-18(34)11-20(38-25(23)24)17-13-31-33(26(17)27(28,29)30)15-7-5-4-6-8-15/h4-8,11-13,16,19,35H,9-10,14H2,1-3H3/t16-,19+/m0/s1. The Hall–Kier alpha value is -3.83. The Morgan fingerprint density at radius 3 is 2.45 bits per heavy atom. The number of fused-ring (bicyclic) bond motifs is 1. The summed E-state index contributed by atoms with van der Waals surface area (Å²) in [5.41, 5.74) is -1.44. The molecule has 5 rings (SSSR count). The van der Waals surface area contributed by atoms with Gasteiger partial charge in [0.15, 0.2) is 11.1 Å². The maximum Gasteiger partial charge on any atom is 0.434 e. The first-order valence-corrected chi connectivity index (χ1v) is 11.9. The number of aromatic nitrogens is 2. The minimum atomic E-state index is -4.81. The number of rotatable bonds is 5. The van der Waals surface area contributed by atoms with Crippen molar-refractivity contribution in [2.75, 3.05) is 34.4 Å². The Morgan fingerprint density at radius 1 is 1.11 bits per heavy atom. The molecule has 1 aliphatic rings. The Bertz CT molecular complexity index is 1530. The number of likely N-dealkylation sites (tertiary alicyclic amines) is 1. The van der Waals surface area contributed by atoms with Crippen LogP contribution in [-0.4, -0.2) is 60.2 Å². The molecule has 2 atom stereocenters. The Balaban J connectivity index is 1.80. The van der Waals surface area contributed by atoms with Crippen molar-refractivity contribution in [2.45, 2.75) is 24.6 Å². The molecule has 0 bridgehead atoms. The van der Waals surface area contributed by atoms with Crippen LogP contribution in [0.4, 0.5) is 13.2 Å². The van der Waals surface area contributed by atoms with E-state index in [-0.39, 0.29) is 28.2 Å². The number of aliphatic hydroxyl groups is 1. The van der Waals surface area contributed by atoms with Crippen LogP contribution in [0.1, 0.15) is 23.6 Å². The molecule has 38 heavy (non-hydrogen) atoms. The summed E-state index contributed by atoms with van der Waals surface area (Å²) in [7, 11) is 4.68. The third kappa shape index (κ3) is 4.41. The van der Waals surface area contributed by atoms with Gasteiger partial charge >= 0.3 is 6.18 Å². The van der Waals surface area contributed by atoms with Gasteiger partial charge in [0.2, 0.25) is 0 Å². The van der Waals surface area contributed by atoms with Crippen LogP contribution < -0.4 is 14.9 Å². The van der Waals surface area contributed by atoms with Crippen LogP contribution >= 0.6 is 0 Å². The van der Waals surface area contributed by atoms with Gasteiger partial charge in [0.25, 0.3) is 0 Å². The molecule has 0 saturated carbocycles. The highest BCUT2D eigenvalue weighted by Gasteiger charge is 2.40. The first-order valence-electron chi connectivity index (χ1n) is 11.9. The third-order valence-electron chi connectivity index (χ3n) is 6.87. The fraction of sp³-hybridized carbons (Fsp3) is 0.333. The van der Waals surface area contributed by atoms with Gasteiger partial charge in [0.1, 0.15) is 28.2 Å². The van der Waals surface area contributed by atoms with Crippen molar-refractivity contribution >= 4 is 11.0 Å². The molecular weight excluding hydrogens is 503 g/mol. The lowest BCUT2D eigenvalue weighted by Gasteiger charge is -2.34. The summed E-state index contributed by atoms with van der Waals surface area (Å²) in [6.07, 6.45) is -4.08. The normalized spacial score (nSPS) is 18.6. The second-order valence-corrected chi connectivity index (χ2v) is 9.25. The minimum Gasteiger partial charge on any atom is -0.496 e. The van der Waals surface area contributed by atoms with E-state index in [4.69, 9.17) is 13.9 Å². The smallest absolute Gasteiger partial charge is 0.434 e. The number of β-amino-alcohol motifs (C(OH)–C–C–N with tert-alkyl or cyclic N) is 1. The van der Waals surface area contributed by atoms with Crippen molar-refractivity contribution in [3.63, 3.8) is 0 Å². The average molecular weight is 530 g/mol. The number of alkyl halides is 3. The number of methoxy groups -OCH3 is 2. The summed E-state index contributed by atoms with van der Waals surface area (Å²) in [6.45, 7) is 1.03. The molecule has 1 N–H and O–H groups in total. The molecular formula is C27H26F3N3O5. The van der Waals surface area contributed by atoms with Crippen LogP contribution in [-0.2, 0) is 6.18 Å². The highest BCUT2D eigenvalue weighted by atomic mass is 19.4. The molecule has 200 valence electrons. The molecule has 2 aromatic heterocycles. The van der Waals surface area contributed by atoms with E-state index >= 15 is 0 Å². The van der Waals surface area contributed by atoms with Crippen molar-refractivity contribution < 1.29 is 32.2 Å². The number of benzene rings is 2. The predicted molar refractivity (Wildman–Crippen MR) is 134 cm³/mol. The number of piperidine rings is 1. The van der Waals surface area contributed by atoms with Gasteiger partial charge in [-0.25, -0.2) is 4.68 Å². The van der Waals surface area contributed by atoms with Gasteiger partial charge in [-0.2, -0.15) is 18.3 Å². The second-order valence-electron chi connectivity index (χ2n) is 9.25. The van der Waals surface area contributed by atoms with Gasteiger partial charge in [0.05, 0.1) is 37.8 Å². The molecule has 0 unspecified atom stereocenters. The summed E-state index contributed by atoms with van der Waals surface area (Å²) in [6, 6.07) is 10.4. The summed E-state index contributed by atoms with van der Waals surface area (Å²) in [5, 5.41) is 15.0. The van der Waals surface area contributed by atoms with Gasteiger partial charge < -0.3 is 23.9 Å². The summed E-state index contributed by atoms with van der Waals surface area (Å²) in [5.74, 6) is -0.336. The van der Waals surface area contributed by atoms with Crippen LogP contribution in [0.3, 0.4) is 0 Å². The molecule has 0 amide bonds. The van der Waals surface area contributed by atoms with Gasteiger partial charge in [-0.1, -0.05) is 18.2 Å². The number of halogens is 3. The first kappa shape index (κ1) is 25.8. The number of ether oxygens (including phenoxy) is 2. The average Bonchev–Trinajstić information content (AvgIpc) is 3.35. The van der Waals surface area contributed by atoms with E-state index in [9.17, 15) is 23.1 Å². The number of likely N-dealkylation sites (N-methyl/N-ethyl adjacent to an activating group) is 1. The summed E-state index contributed by atoms with van der Waals surface area (Å²) >= 11 is 0. The quantitative estimate of drug-likeness (QED) is 0.408. The topological polar surface area (TPSA) is 90.0 Å². The number of aliphatic hydroxyl groups excluding tert-OH is 1. The Morgan fingerprint density at radius 2 is 1.82 bits per heavy atom. The number of hydrogen-bond donors (Lipinski definition) is 1. The highest BCUT2D eigenvalue weighted by Crippen LogP contribution is 2.44. The molecule has 1 saturated heterocycles. The number of hydrogen-bond acceptors (Lipinski definition) is 7. The maximum absolute atomic E-state index is 14.4. The van der Waals surface area contributed by atoms with Gasteiger partial charge in [-0.3, -0.25) is 4.79 Å². The van der Waals surface area contributed by atoms with Crippen molar-refractivity contribution in [1.29, 1.82) is 0 Å². The molecule has 2 aromatic carbocycles. The van der Waals surface area contributed by atoms with Crippen molar-refractivity contribution in [2.24, 2.45) is 0 Å². The fourth-order valence-electron chi connectivity index (χ4n) is 5.10. The SMILES string of the molecule is COc1cc(OC)c2c(=O)cc(-c3cnn(-c4ccccc4)c3C(F)(F)F)oc2c1[C@H]1CCN(C)C[C@H]1O. The number of para-hydroxylation sites is 1. The third-order valence-corrected chi connectivity index (χ3v) is 6.87. The molecule has 0 radical (unpaired) electrons. The minimum absolute atomic E-state index is 0.0119. The van der Waals surface area contributed by atoms with Crippen molar-refractivity contribution in [1.82, 2.24) is 14.7 Å². The van der Waals surface area contributed by atoms with Crippen LogP contribution in [0.15, 0.2) is 57.9 Å². The lowest BCUT2D eigenvalue weighted by Crippen LogP contribution is -2.40. The zero-order valence-electron chi connectivity index (χ0n) is 21.0. The zero-order chi connectivity index (χ0) is 27.2. The van der Waals surface area contributed by atoms with Crippen LogP contribution in [0.5, 0.6) is 11.5 Å². The molecule has 8 nitrogen and oxygen atoms in total. The predicted octanol–water partition coefficient (Wildman–Crippen LogP) is 4.46. The fourth-order valence-corrected chi connectivity index (χ4v) is 5.10. The summed E-state index contributed by atoms with van der Waals surface area (Å²) in [4.78, 5) is 15.4. The van der Waals surface area contributed by atoms with Crippen LogP contribution in [0.25, 0.3) is 28.0 Å². The largest absolute Gasteiger partial charge is 0.496 e. The van der Waals surface area contributed by atoms with Crippen LogP contribution in [0.2, 0.25) is 0 Å². The van der Waals surface area contributed by atoms with Crippen molar-refractivity contribution in [3.8, 4) is 28.5 Å². The Labute approximate surface area is 215 Å². The molecule has 4 aromatic rings. The molecule has 11 heteroatoms. The molecule has 0 spiro atoms. The molecule has 1 fully saturated rings. The number of nitrogens with zero attached hydrogens (tertiary/aromatic N) is 3. The lowest BCUT2D eigenvalue weighted by molar-refractivity contribution is -0.142. The van der Waals surface area contributed by atoms with Gasteiger partial charge in [-0.05, 0) is 32.1 Å². The molecule has 3 heterocycles. The van der Waals surface area contributed by atoms with Gasteiger partial charge in [-0.15, -0.1) is 0 Å². The van der Waals surface area contributed by atoms with E-state index in [1.54, 1.807) is 18.2 Å². The maximum atomic E-state index is 14.4. The van der Waals surface area contributed by atoms with E-state index in [1.165, 1.54) is 32.4 Å². The van der Waals surface area contributed by atoms with Crippen LogP contribution in [0, 0.1) is 0 Å². The van der Waals surface area contributed by atoms with E-state index in [0.29, 0.717) is 30.8 Å². The van der Waals surface area contributed by atoms with Crippen molar-refractivity contribution in [3.05, 3.63) is 70.1 Å². The van der Waals surface area contributed by atoms with E-state index in [2.05, 4.69) is 5.10 Å². The van der Waals surface area contributed by atoms with E-state index in [0.717, 1.165) is 16.9 Å². The van der Waals surface area contributed by atoms with E-state index < -0.39 is 34.9 Å². The Kier molecular flexibility index (Phi) is 6.66. The summed E-state index contributed by atoms with van der Waals surface area (Å²) < 4.78 is 61.0. The second kappa shape index (κ2) is 9.80. The molecule has 1 aliphatic heterocycles.